The lowest BCUT2D eigenvalue weighted by atomic mass is 10.0. The molecule has 0 aromatic carbocycles. The fourth-order valence-electron chi connectivity index (χ4n) is 2.13. The van der Waals surface area contributed by atoms with E-state index in [4.69, 9.17) is 9.47 Å². The highest BCUT2D eigenvalue weighted by Crippen LogP contribution is 2.39. The van der Waals surface area contributed by atoms with E-state index in [0.29, 0.717) is 11.7 Å². The number of aliphatic hydroxyl groups excluding tert-OH is 1. The van der Waals surface area contributed by atoms with E-state index in [0.717, 1.165) is 18.4 Å². The van der Waals surface area contributed by atoms with Crippen LogP contribution in [0.4, 0.5) is 0 Å². The third-order valence-electron chi connectivity index (χ3n) is 3.12. The second kappa shape index (κ2) is 5.67. The largest absolute Gasteiger partial charge is 0.489 e. The minimum absolute atomic E-state index is 0.0980. The smallest absolute Gasteiger partial charge is 0.138 e. The molecule has 1 N–H and O–H groups in total. The number of nitrogens with zero attached hydrogens (tertiary/aromatic N) is 1. The minimum atomic E-state index is -0.634. The lowest BCUT2D eigenvalue weighted by molar-refractivity contribution is -0.0262. The summed E-state index contributed by atoms with van der Waals surface area (Å²) in [5.74, 6) is 1.16. The monoisotopic (exact) mass is 251 g/mol. The van der Waals surface area contributed by atoms with Crippen LogP contribution in [-0.2, 0) is 4.74 Å². The maximum absolute atomic E-state index is 10.3. The van der Waals surface area contributed by atoms with E-state index in [9.17, 15) is 5.11 Å². The van der Waals surface area contributed by atoms with Crippen molar-refractivity contribution in [3.63, 3.8) is 0 Å². The molecule has 1 aliphatic carbocycles. The van der Waals surface area contributed by atoms with Crippen LogP contribution >= 0.6 is 0 Å². The summed E-state index contributed by atoms with van der Waals surface area (Å²) in [5, 5.41) is 10.3. The highest BCUT2D eigenvalue weighted by molar-refractivity contribution is 5.26. The molecule has 1 aromatic heterocycles. The van der Waals surface area contributed by atoms with Gasteiger partial charge in [0, 0.05) is 18.9 Å². The van der Waals surface area contributed by atoms with Gasteiger partial charge in [-0.05, 0) is 38.7 Å². The zero-order valence-electron chi connectivity index (χ0n) is 11.2. The molecule has 1 aromatic rings. The van der Waals surface area contributed by atoms with Crippen LogP contribution in [0, 0.1) is 5.92 Å². The summed E-state index contributed by atoms with van der Waals surface area (Å²) in [6.07, 6.45) is 4.92. The van der Waals surface area contributed by atoms with Gasteiger partial charge in [0.15, 0.2) is 0 Å². The predicted octanol–water partition coefficient (Wildman–Crippen LogP) is 2.33. The Morgan fingerprint density at radius 1 is 1.33 bits per heavy atom. The molecule has 0 radical (unpaired) electrons. The van der Waals surface area contributed by atoms with Crippen LogP contribution in [0.15, 0.2) is 18.5 Å². The summed E-state index contributed by atoms with van der Waals surface area (Å²) in [5.41, 5.74) is 0.756. The van der Waals surface area contributed by atoms with Gasteiger partial charge in [-0.2, -0.15) is 0 Å². The van der Waals surface area contributed by atoms with Crippen molar-refractivity contribution < 1.29 is 14.6 Å². The molecule has 18 heavy (non-hydrogen) atoms. The highest BCUT2D eigenvalue weighted by atomic mass is 16.5. The van der Waals surface area contributed by atoms with Crippen LogP contribution in [-0.4, -0.2) is 29.4 Å². The van der Waals surface area contributed by atoms with E-state index in [-0.39, 0.29) is 12.2 Å². The molecule has 0 amide bonds. The number of aliphatic hydroxyl groups is 1. The molecule has 1 saturated carbocycles. The fourth-order valence-corrected chi connectivity index (χ4v) is 2.13. The van der Waals surface area contributed by atoms with Gasteiger partial charge in [-0.3, -0.25) is 4.98 Å². The molecule has 0 aliphatic heterocycles. The van der Waals surface area contributed by atoms with Crippen molar-refractivity contribution in [2.24, 2.45) is 5.92 Å². The van der Waals surface area contributed by atoms with Crippen LogP contribution in [0.2, 0.25) is 0 Å². The van der Waals surface area contributed by atoms with Crippen LogP contribution in [0.25, 0.3) is 0 Å². The number of aromatic nitrogens is 1. The quantitative estimate of drug-likeness (QED) is 0.843. The second-order valence-corrected chi connectivity index (χ2v) is 5.10. The van der Waals surface area contributed by atoms with Crippen LogP contribution in [0.1, 0.15) is 38.4 Å². The van der Waals surface area contributed by atoms with E-state index < -0.39 is 6.10 Å². The zero-order chi connectivity index (χ0) is 13.1. The van der Waals surface area contributed by atoms with Crippen molar-refractivity contribution in [3.8, 4) is 5.75 Å². The Morgan fingerprint density at radius 2 is 2.06 bits per heavy atom. The number of ether oxygens (including phenoxy) is 2. The molecule has 1 heterocycles. The first-order valence-electron chi connectivity index (χ1n) is 6.44. The van der Waals surface area contributed by atoms with Crippen LogP contribution < -0.4 is 4.74 Å². The van der Waals surface area contributed by atoms with E-state index >= 15 is 0 Å². The molecular weight excluding hydrogens is 230 g/mol. The van der Waals surface area contributed by atoms with E-state index in [1.165, 1.54) is 0 Å². The Hall–Kier alpha value is -1.13. The van der Waals surface area contributed by atoms with Crippen molar-refractivity contribution in [2.75, 3.05) is 7.11 Å². The standard InChI is InChI=1S/C14H21NO3/c1-9(2)18-12-6-11(7-15-8-12)13(16)14(17-3)10-4-5-10/h6-10,13-14,16H,4-5H2,1-3H3. The summed E-state index contributed by atoms with van der Waals surface area (Å²) in [6.45, 7) is 3.93. The summed E-state index contributed by atoms with van der Waals surface area (Å²) in [6, 6.07) is 1.84. The van der Waals surface area contributed by atoms with Gasteiger partial charge in [-0.1, -0.05) is 0 Å². The predicted molar refractivity (Wildman–Crippen MR) is 68.5 cm³/mol. The molecule has 4 heteroatoms. The van der Waals surface area contributed by atoms with Crippen molar-refractivity contribution in [2.45, 2.75) is 45.0 Å². The topological polar surface area (TPSA) is 51.6 Å². The minimum Gasteiger partial charge on any atom is -0.489 e. The van der Waals surface area contributed by atoms with E-state index in [2.05, 4.69) is 4.98 Å². The van der Waals surface area contributed by atoms with Gasteiger partial charge in [0.25, 0.3) is 0 Å². The lowest BCUT2D eigenvalue weighted by Crippen LogP contribution is -2.23. The van der Waals surface area contributed by atoms with Crippen molar-refractivity contribution in [1.82, 2.24) is 4.98 Å². The van der Waals surface area contributed by atoms with Crippen LogP contribution in [0.3, 0.4) is 0 Å². The first-order valence-corrected chi connectivity index (χ1v) is 6.44. The SMILES string of the molecule is COC(C1CC1)C(O)c1cncc(OC(C)C)c1. The first kappa shape index (κ1) is 13.3. The van der Waals surface area contributed by atoms with E-state index in [1.54, 1.807) is 19.5 Å². The molecule has 0 saturated heterocycles. The maximum atomic E-state index is 10.3. The number of pyridine rings is 1. The van der Waals surface area contributed by atoms with Crippen molar-refractivity contribution in [3.05, 3.63) is 24.0 Å². The number of rotatable bonds is 6. The summed E-state index contributed by atoms with van der Waals surface area (Å²) in [4.78, 5) is 4.11. The Labute approximate surface area is 108 Å². The lowest BCUT2D eigenvalue weighted by Gasteiger charge is -2.22. The van der Waals surface area contributed by atoms with Gasteiger partial charge in [-0.15, -0.1) is 0 Å². The normalized spacial score (nSPS) is 18.7. The molecule has 0 bridgehead atoms. The third kappa shape index (κ3) is 3.21. The Morgan fingerprint density at radius 3 is 2.61 bits per heavy atom. The molecule has 1 aliphatic rings. The average Bonchev–Trinajstić information content (AvgIpc) is 3.14. The Kier molecular flexibility index (Phi) is 4.19. The fraction of sp³-hybridized carbons (Fsp3) is 0.643. The molecule has 100 valence electrons. The Balaban J connectivity index is 2.11. The van der Waals surface area contributed by atoms with Gasteiger partial charge in [0.1, 0.15) is 11.9 Å². The van der Waals surface area contributed by atoms with Gasteiger partial charge in [0.05, 0.1) is 18.4 Å². The third-order valence-corrected chi connectivity index (χ3v) is 3.12. The van der Waals surface area contributed by atoms with Crippen molar-refractivity contribution in [1.29, 1.82) is 0 Å². The molecule has 4 nitrogen and oxygen atoms in total. The molecule has 1 fully saturated rings. The van der Waals surface area contributed by atoms with Gasteiger partial charge >= 0.3 is 0 Å². The summed E-state index contributed by atoms with van der Waals surface area (Å²) < 4.78 is 11.0. The number of hydrogen-bond donors (Lipinski definition) is 1. The summed E-state index contributed by atoms with van der Waals surface area (Å²) in [7, 11) is 1.65. The van der Waals surface area contributed by atoms with Gasteiger partial charge in [-0.25, -0.2) is 0 Å². The average molecular weight is 251 g/mol. The Bertz CT molecular complexity index is 390. The number of methoxy groups -OCH3 is 1. The number of hydrogen-bond acceptors (Lipinski definition) is 4. The zero-order valence-corrected chi connectivity index (χ0v) is 11.2. The first-order chi connectivity index (χ1) is 8.61. The second-order valence-electron chi connectivity index (χ2n) is 5.10. The summed E-state index contributed by atoms with van der Waals surface area (Å²) >= 11 is 0. The van der Waals surface area contributed by atoms with Crippen LogP contribution in [0.5, 0.6) is 5.75 Å². The van der Waals surface area contributed by atoms with Crippen molar-refractivity contribution >= 4 is 0 Å². The molecule has 0 spiro atoms. The molecule has 2 rings (SSSR count). The molecular formula is C14H21NO3. The maximum Gasteiger partial charge on any atom is 0.138 e. The molecule has 2 atom stereocenters. The van der Waals surface area contributed by atoms with Gasteiger partial charge < -0.3 is 14.6 Å². The molecule has 2 unspecified atom stereocenters. The highest BCUT2D eigenvalue weighted by Gasteiger charge is 2.36. The van der Waals surface area contributed by atoms with Gasteiger partial charge in [0.2, 0.25) is 0 Å². The van der Waals surface area contributed by atoms with E-state index in [1.807, 2.05) is 19.9 Å².